The number of nitrogens with zero attached hydrogens (tertiary/aromatic N) is 1. The minimum atomic E-state index is -4.64. The van der Waals surface area contributed by atoms with Crippen LogP contribution in [-0.4, -0.2) is 31.5 Å². The summed E-state index contributed by atoms with van der Waals surface area (Å²) in [7, 11) is 0. The van der Waals surface area contributed by atoms with Gasteiger partial charge in [-0.05, 0) is 37.6 Å². The molecule has 1 aromatic rings. The fourth-order valence-corrected chi connectivity index (χ4v) is 2.67. The molecule has 1 N–H and O–H groups in total. The fourth-order valence-electron chi connectivity index (χ4n) is 2.67. The van der Waals surface area contributed by atoms with Gasteiger partial charge in [0.25, 0.3) is 0 Å². The molecule has 0 bridgehead atoms. The van der Waals surface area contributed by atoms with E-state index in [9.17, 15) is 13.2 Å². The van der Waals surface area contributed by atoms with Crippen molar-refractivity contribution in [2.75, 3.05) is 18.0 Å². The van der Waals surface area contributed by atoms with E-state index < -0.39 is 6.36 Å². The smallest absolute Gasteiger partial charge is 0.406 e. The molecule has 3 nitrogen and oxygen atoms in total. The normalized spacial score (nSPS) is 23.2. The highest BCUT2D eigenvalue weighted by Gasteiger charge is 2.31. The molecule has 0 amide bonds. The molecular weight excluding hydrogens is 281 g/mol. The monoisotopic (exact) mass is 302 g/mol. The highest BCUT2D eigenvalue weighted by atomic mass is 19.4. The van der Waals surface area contributed by atoms with Crippen molar-refractivity contribution in [1.29, 1.82) is 0 Å². The van der Waals surface area contributed by atoms with Crippen molar-refractivity contribution in [2.45, 2.75) is 45.1 Å². The van der Waals surface area contributed by atoms with Crippen LogP contribution in [0.15, 0.2) is 24.3 Å². The Morgan fingerprint density at radius 3 is 2.52 bits per heavy atom. The van der Waals surface area contributed by atoms with Gasteiger partial charge in [0.1, 0.15) is 5.75 Å². The largest absolute Gasteiger partial charge is 0.573 e. The molecule has 2 atom stereocenters. The van der Waals surface area contributed by atoms with Gasteiger partial charge in [0, 0.05) is 30.9 Å². The number of rotatable bonds is 4. The molecule has 1 fully saturated rings. The molecule has 0 saturated carbocycles. The second kappa shape index (κ2) is 6.56. The summed E-state index contributed by atoms with van der Waals surface area (Å²) >= 11 is 0. The minimum absolute atomic E-state index is 0.181. The lowest BCUT2D eigenvalue weighted by atomic mass is 10.1. The first-order valence-electron chi connectivity index (χ1n) is 7.25. The molecule has 2 rings (SSSR count). The summed E-state index contributed by atoms with van der Waals surface area (Å²) in [6.45, 7) is 6.00. The molecule has 1 saturated heterocycles. The molecule has 1 aliphatic heterocycles. The lowest BCUT2D eigenvalue weighted by Gasteiger charge is -2.40. The maximum absolute atomic E-state index is 12.2. The number of nitrogens with one attached hydrogen (secondary N) is 1. The number of ether oxygens (including phenoxy) is 1. The van der Waals surface area contributed by atoms with Crippen molar-refractivity contribution in [3.63, 3.8) is 0 Å². The number of alkyl halides is 3. The lowest BCUT2D eigenvalue weighted by Crippen LogP contribution is -2.55. The van der Waals surface area contributed by atoms with Crippen molar-refractivity contribution in [3.05, 3.63) is 24.3 Å². The van der Waals surface area contributed by atoms with Crippen LogP contribution >= 0.6 is 0 Å². The molecule has 2 unspecified atom stereocenters. The Morgan fingerprint density at radius 1 is 1.29 bits per heavy atom. The Morgan fingerprint density at radius 2 is 1.95 bits per heavy atom. The summed E-state index contributed by atoms with van der Waals surface area (Å²) in [6, 6.07) is 6.85. The number of hydrogen-bond acceptors (Lipinski definition) is 3. The molecule has 0 aliphatic carbocycles. The van der Waals surface area contributed by atoms with Crippen molar-refractivity contribution < 1.29 is 17.9 Å². The zero-order chi connectivity index (χ0) is 15.5. The number of benzene rings is 1. The molecule has 1 aliphatic rings. The van der Waals surface area contributed by atoms with Gasteiger partial charge >= 0.3 is 6.36 Å². The van der Waals surface area contributed by atoms with Crippen LogP contribution < -0.4 is 15.0 Å². The van der Waals surface area contributed by atoms with Crippen LogP contribution in [0, 0.1) is 0 Å². The van der Waals surface area contributed by atoms with E-state index in [0.29, 0.717) is 12.1 Å². The third-order valence-corrected chi connectivity index (χ3v) is 3.69. The van der Waals surface area contributed by atoms with Gasteiger partial charge in [-0.25, -0.2) is 0 Å². The van der Waals surface area contributed by atoms with E-state index in [-0.39, 0.29) is 5.75 Å². The van der Waals surface area contributed by atoms with Gasteiger partial charge in [-0.2, -0.15) is 0 Å². The van der Waals surface area contributed by atoms with Crippen LogP contribution in [-0.2, 0) is 0 Å². The van der Waals surface area contributed by atoms with Crippen LogP contribution in [0.25, 0.3) is 0 Å². The highest BCUT2D eigenvalue weighted by molar-refractivity contribution is 5.50. The van der Waals surface area contributed by atoms with Crippen molar-refractivity contribution in [2.24, 2.45) is 0 Å². The summed E-state index contributed by atoms with van der Waals surface area (Å²) < 4.78 is 40.4. The first-order chi connectivity index (χ1) is 9.89. The Bertz CT molecular complexity index is 447. The average molecular weight is 302 g/mol. The first kappa shape index (κ1) is 15.9. The molecular formula is C15H21F3N2O. The van der Waals surface area contributed by atoms with Gasteiger partial charge in [0.2, 0.25) is 0 Å². The maximum atomic E-state index is 12.2. The van der Waals surface area contributed by atoms with Crippen LogP contribution in [0.2, 0.25) is 0 Å². The van der Waals surface area contributed by atoms with E-state index in [1.807, 2.05) is 0 Å². The topological polar surface area (TPSA) is 24.5 Å². The molecule has 1 aromatic carbocycles. The fraction of sp³-hybridized carbons (Fsp3) is 0.600. The standard InChI is InChI=1S/C15H21F3N2O/c1-3-4-12-10-20(11(2)9-19-12)13-5-7-14(8-6-13)21-15(16,17)18/h5-8,11-12,19H,3-4,9-10H2,1-2H3. The van der Waals surface area contributed by atoms with Gasteiger partial charge in [0.05, 0.1) is 0 Å². The summed E-state index contributed by atoms with van der Waals surface area (Å²) in [6.07, 6.45) is -2.44. The second-order valence-electron chi connectivity index (χ2n) is 5.44. The zero-order valence-corrected chi connectivity index (χ0v) is 12.3. The van der Waals surface area contributed by atoms with Crippen molar-refractivity contribution in [1.82, 2.24) is 5.32 Å². The summed E-state index contributed by atoms with van der Waals surface area (Å²) in [4.78, 5) is 2.23. The highest BCUT2D eigenvalue weighted by Crippen LogP contribution is 2.27. The zero-order valence-electron chi connectivity index (χ0n) is 12.3. The molecule has 1 heterocycles. The van der Waals surface area contributed by atoms with Gasteiger partial charge in [0.15, 0.2) is 0 Å². The number of hydrogen-bond donors (Lipinski definition) is 1. The summed E-state index contributed by atoms with van der Waals surface area (Å²) in [5.41, 5.74) is 0.930. The van der Waals surface area contributed by atoms with Crippen LogP contribution in [0.3, 0.4) is 0 Å². The van der Waals surface area contributed by atoms with Gasteiger partial charge in [-0.15, -0.1) is 13.2 Å². The van der Waals surface area contributed by atoms with Crippen molar-refractivity contribution in [3.8, 4) is 5.75 Å². The minimum Gasteiger partial charge on any atom is -0.406 e. The maximum Gasteiger partial charge on any atom is 0.573 e. The lowest BCUT2D eigenvalue weighted by molar-refractivity contribution is -0.274. The van der Waals surface area contributed by atoms with E-state index in [0.717, 1.165) is 31.6 Å². The first-order valence-corrected chi connectivity index (χ1v) is 7.25. The molecule has 6 heteroatoms. The Balaban J connectivity index is 2.06. The molecule has 0 radical (unpaired) electrons. The summed E-state index contributed by atoms with van der Waals surface area (Å²) in [5, 5.41) is 3.50. The average Bonchev–Trinajstić information content (AvgIpc) is 2.40. The SMILES string of the molecule is CCCC1CN(c2ccc(OC(F)(F)F)cc2)C(C)CN1. The predicted molar refractivity (Wildman–Crippen MR) is 76.6 cm³/mol. The van der Waals surface area contributed by atoms with Gasteiger partial charge in [-0.3, -0.25) is 0 Å². The van der Waals surface area contributed by atoms with E-state index in [1.54, 1.807) is 12.1 Å². The quantitative estimate of drug-likeness (QED) is 0.920. The van der Waals surface area contributed by atoms with E-state index in [1.165, 1.54) is 12.1 Å². The molecule has 21 heavy (non-hydrogen) atoms. The molecule has 118 valence electrons. The van der Waals surface area contributed by atoms with Gasteiger partial charge < -0.3 is 15.0 Å². The van der Waals surface area contributed by atoms with Crippen LogP contribution in [0.4, 0.5) is 18.9 Å². The number of piperazine rings is 1. The number of halogens is 3. The Kier molecular flexibility index (Phi) is 4.98. The Hall–Kier alpha value is -1.43. The van der Waals surface area contributed by atoms with Crippen LogP contribution in [0.1, 0.15) is 26.7 Å². The van der Waals surface area contributed by atoms with E-state index in [2.05, 4.69) is 28.8 Å². The summed E-state index contributed by atoms with van der Waals surface area (Å²) in [5.74, 6) is -0.181. The molecule has 0 spiro atoms. The third-order valence-electron chi connectivity index (χ3n) is 3.69. The molecule has 0 aromatic heterocycles. The third kappa shape index (κ3) is 4.52. The van der Waals surface area contributed by atoms with Crippen LogP contribution in [0.5, 0.6) is 5.75 Å². The predicted octanol–water partition coefficient (Wildman–Crippen LogP) is 3.55. The van der Waals surface area contributed by atoms with Crippen molar-refractivity contribution >= 4 is 5.69 Å². The van der Waals surface area contributed by atoms with E-state index >= 15 is 0 Å². The number of anilines is 1. The second-order valence-corrected chi connectivity index (χ2v) is 5.44. The Labute approximate surface area is 123 Å². The van der Waals surface area contributed by atoms with E-state index in [4.69, 9.17) is 0 Å². The van der Waals surface area contributed by atoms with Gasteiger partial charge in [-0.1, -0.05) is 13.3 Å².